The summed E-state index contributed by atoms with van der Waals surface area (Å²) in [4.78, 5) is 28.3. The molecule has 270 valence electrons. The molecule has 0 saturated carbocycles. The van der Waals surface area contributed by atoms with E-state index in [9.17, 15) is 9.59 Å². The molecule has 3 aromatic rings. The van der Waals surface area contributed by atoms with E-state index in [-0.39, 0.29) is 23.4 Å². The molecular formula is C41H52N4O4S2+2. The Bertz CT molecular complexity index is 1630. The Morgan fingerprint density at radius 2 is 1.33 bits per heavy atom. The Kier molecular flexibility index (Phi) is 19.1. The summed E-state index contributed by atoms with van der Waals surface area (Å²) >= 11 is 0. The third kappa shape index (κ3) is 17.3. The van der Waals surface area contributed by atoms with E-state index in [1.165, 1.54) is 27.3 Å². The number of pyridine rings is 1. The Labute approximate surface area is 312 Å². The average molecular weight is 729 g/mol. The van der Waals surface area contributed by atoms with Crippen LogP contribution in [0.4, 0.5) is 11.4 Å². The van der Waals surface area contributed by atoms with Crippen LogP contribution in [0.2, 0.25) is 0 Å². The number of quaternary nitrogens is 1. The van der Waals surface area contributed by atoms with Crippen LogP contribution in [0.1, 0.15) is 29.7 Å². The van der Waals surface area contributed by atoms with Crippen molar-refractivity contribution in [3.63, 3.8) is 0 Å². The van der Waals surface area contributed by atoms with Gasteiger partial charge < -0.3 is 24.6 Å². The zero-order valence-corrected chi connectivity index (χ0v) is 31.9. The fourth-order valence-corrected chi connectivity index (χ4v) is 6.14. The third-order valence-electron chi connectivity index (χ3n) is 7.42. The highest BCUT2D eigenvalue weighted by molar-refractivity contribution is 8.77. The van der Waals surface area contributed by atoms with Crippen molar-refractivity contribution in [1.82, 2.24) is 0 Å². The molecule has 0 saturated heterocycles. The van der Waals surface area contributed by atoms with Crippen molar-refractivity contribution >= 4 is 63.1 Å². The number of ether oxygens (including phenoxy) is 2. The first-order valence-corrected chi connectivity index (χ1v) is 19.5. The molecule has 51 heavy (non-hydrogen) atoms. The first kappa shape index (κ1) is 40.9. The van der Waals surface area contributed by atoms with Crippen LogP contribution in [0.15, 0.2) is 116 Å². The van der Waals surface area contributed by atoms with Gasteiger partial charge >= 0.3 is 11.9 Å². The summed E-state index contributed by atoms with van der Waals surface area (Å²) in [5, 5.41) is 2.04. The molecule has 0 aliphatic rings. The van der Waals surface area contributed by atoms with Gasteiger partial charge in [0, 0.05) is 70.6 Å². The molecule has 0 amide bonds. The minimum absolute atomic E-state index is 0.182. The molecule has 0 aliphatic heterocycles. The number of nitrogens with two attached hydrogens (primary N) is 1. The summed E-state index contributed by atoms with van der Waals surface area (Å²) in [6.07, 6.45) is 19.6. The number of aryl methyl sites for hydroxylation is 1. The highest BCUT2D eigenvalue weighted by Crippen LogP contribution is 2.21. The highest BCUT2D eigenvalue weighted by atomic mass is 33.1. The van der Waals surface area contributed by atoms with Crippen LogP contribution in [0.25, 0.3) is 18.2 Å². The molecule has 3 rings (SSSR count). The maximum Gasteiger partial charge on any atom is 0.316 e. The summed E-state index contributed by atoms with van der Waals surface area (Å²) in [6, 6.07) is 22.8. The second-order valence-electron chi connectivity index (χ2n) is 12.0. The molecule has 0 fully saturated rings. The molecule has 2 aromatic carbocycles. The van der Waals surface area contributed by atoms with Gasteiger partial charge in [0.25, 0.3) is 0 Å². The molecule has 0 spiro atoms. The number of allylic oxidation sites excluding steroid dienone is 5. The van der Waals surface area contributed by atoms with Crippen LogP contribution < -0.4 is 19.7 Å². The minimum Gasteiger partial charge on any atom is -0.465 e. The van der Waals surface area contributed by atoms with Crippen LogP contribution in [-0.2, 0) is 25.6 Å². The van der Waals surface area contributed by atoms with Gasteiger partial charge in [-0.25, -0.2) is 0 Å². The van der Waals surface area contributed by atoms with Crippen molar-refractivity contribution in [2.45, 2.75) is 19.4 Å². The first-order valence-electron chi connectivity index (χ1n) is 17.0. The number of rotatable bonds is 22. The standard InChI is InChI=1S/C41H51N4O4S2/c1-34(14-15-35-16-21-37(22-17-35)43(2)3)12-6-8-26-42-27-10-30-48-40(46)32-50-51-33-41(47)49-31-11-29-45-28-9-7-13-39(45)25-20-36-18-23-38(24-19-36)44(4)5/h6-9,12-26,28,42H,1,10-11,27,29-33H2,2-5H3/q+1/p+1. The molecule has 0 unspecified atom stereocenters. The second-order valence-corrected chi connectivity index (χ2v) is 14.4. The maximum atomic E-state index is 12.2. The van der Waals surface area contributed by atoms with E-state index < -0.39 is 0 Å². The molecule has 10 heteroatoms. The Morgan fingerprint density at radius 3 is 1.94 bits per heavy atom. The van der Waals surface area contributed by atoms with Crippen molar-refractivity contribution in [2.24, 2.45) is 0 Å². The largest absolute Gasteiger partial charge is 0.465 e. The van der Waals surface area contributed by atoms with Crippen LogP contribution >= 0.6 is 21.6 Å². The second kappa shape index (κ2) is 23.8. The van der Waals surface area contributed by atoms with Crippen molar-refractivity contribution in [3.8, 4) is 0 Å². The van der Waals surface area contributed by atoms with Gasteiger partial charge in [-0.05, 0) is 59.2 Å². The van der Waals surface area contributed by atoms with E-state index in [1.54, 1.807) is 0 Å². The number of nitrogens with zero attached hydrogens (tertiary/aromatic N) is 3. The van der Waals surface area contributed by atoms with Gasteiger partial charge in [0.15, 0.2) is 12.7 Å². The highest BCUT2D eigenvalue weighted by Gasteiger charge is 2.10. The predicted molar refractivity (Wildman–Crippen MR) is 216 cm³/mol. The molecule has 2 N–H and O–H groups in total. The maximum absolute atomic E-state index is 12.2. The summed E-state index contributed by atoms with van der Waals surface area (Å²) in [6.45, 7) is 6.31. The number of esters is 2. The van der Waals surface area contributed by atoms with Crippen molar-refractivity contribution in [1.29, 1.82) is 0 Å². The molecule has 8 nitrogen and oxygen atoms in total. The van der Waals surface area contributed by atoms with Gasteiger partial charge in [-0.15, -0.1) is 0 Å². The van der Waals surface area contributed by atoms with Crippen LogP contribution in [-0.4, -0.2) is 71.4 Å². The molecule has 1 aromatic heterocycles. The van der Waals surface area contributed by atoms with Gasteiger partial charge in [-0.1, -0.05) is 76.7 Å². The monoisotopic (exact) mass is 728 g/mol. The minimum atomic E-state index is -0.287. The normalized spacial score (nSPS) is 11.5. The van der Waals surface area contributed by atoms with E-state index in [2.05, 4.69) is 87.7 Å². The summed E-state index contributed by atoms with van der Waals surface area (Å²) in [5.41, 5.74) is 6.58. The van der Waals surface area contributed by atoms with Crippen LogP contribution in [0.3, 0.4) is 0 Å². The van der Waals surface area contributed by atoms with Crippen molar-refractivity contribution in [2.75, 3.05) is 69.3 Å². The Morgan fingerprint density at radius 1 is 0.745 bits per heavy atom. The van der Waals surface area contributed by atoms with Crippen molar-refractivity contribution < 1.29 is 28.9 Å². The number of carbonyl (C=O) groups is 2. The average Bonchev–Trinajstić information content (AvgIpc) is 3.13. The number of aromatic nitrogens is 1. The van der Waals surface area contributed by atoms with Gasteiger partial charge in [0.05, 0.1) is 26.0 Å². The Hall–Kier alpha value is -4.51. The van der Waals surface area contributed by atoms with Gasteiger partial charge in [0.1, 0.15) is 11.5 Å². The Balaban J connectivity index is 1.18. The lowest BCUT2D eigenvalue weighted by atomic mass is 10.1. The lowest BCUT2D eigenvalue weighted by Crippen LogP contribution is -2.78. The number of benzene rings is 2. The third-order valence-corrected chi connectivity index (χ3v) is 9.50. The van der Waals surface area contributed by atoms with Crippen LogP contribution in [0.5, 0.6) is 0 Å². The zero-order valence-electron chi connectivity index (χ0n) is 30.3. The van der Waals surface area contributed by atoms with Gasteiger partial charge in [0.2, 0.25) is 5.69 Å². The summed E-state index contributed by atoms with van der Waals surface area (Å²) in [7, 11) is 10.7. The molecule has 0 aliphatic carbocycles. The summed E-state index contributed by atoms with van der Waals surface area (Å²) < 4.78 is 12.8. The van der Waals surface area contributed by atoms with Gasteiger partial charge in [-0.2, -0.15) is 4.57 Å². The van der Waals surface area contributed by atoms with Crippen LogP contribution in [0, 0.1) is 0 Å². The molecule has 0 radical (unpaired) electrons. The van der Waals surface area contributed by atoms with E-state index in [1.807, 2.05) is 88.4 Å². The topological polar surface area (TPSA) is 79.6 Å². The lowest BCUT2D eigenvalue weighted by molar-refractivity contribution is -0.699. The smallest absolute Gasteiger partial charge is 0.316 e. The summed E-state index contributed by atoms with van der Waals surface area (Å²) in [5.74, 6) is -0.200. The van der Waals surface area contributed by atoms with E-state index >= 15 is 0 Å². The fourth-order valence-electron chi connectivity index (χ4n) is 4.54. The van der Waals surface area contributed by atoms with Gasteiger partial charge in [-0.3, -0.25) is 9.59 Å². The molecular weight excluding hydrogens is 677 g/mol. The van der Waals surface area contributed by atoms with E-state index in [0.717, 1.165) is 47.6 Å². The quantitative estimate of drug-likeness (QED) is 0.0418. The SMILES string of the molecule is C=C(C=CC=C[NH2+]CCCOC(=O)CSSCC(=O)OCCC[n+]1ccccc1C=Cc1ccc(N(C)C)cc1)C=Cc1ccc(N(C)C)cc1. The number of hydrogen-bond donors (Lipinski definition) is 1. The molecule has 1 heterocycles. The van der Waals surface area contributed by atoms with E-state index in [0.29, 0.717) is 19.6 Å². The number of carbonyl (C=O) groups excluding carboxylic acids is 2. The predicted octanol–water partition coefficient (Wildman–Crippen LogP) is 6.43. The molecule has 0 bridgehead atoms. The van der Waals surface area contributed by atoms with E-state index in [4.69, 9.17) is 9.47 Å². The number of anilines is 2. The fraction of sp³-hybridized carbons (Fsp3) is 0.293. The van der Waals surface area contributed by atoms with Crippen molar-refractivity contribution in [3.05, 3.63) is 132 Å². The first-order chi connectivity index (χ1) is 24.7. The number of hydrogen-bond acceptors (Lipinski definition) is 8. The molecule has 0 atom stereocenters. The zero-order chi connectivity index (χ0) is 36.7. The lowest BCUT2D eigenvalue weighted by Gasteiger charge is -2.11.